The van der Waals surface area contributed by atoms with Crippen molar-refractivity contribution in [2.45, 2.75) is 31.7 Å². The number of nitrogens with two attached hydrogens (primary N) is 1. The fraction of sp³-hybridized carbons (Fsp3) is 0.400. The van der Waals surface area contributed by atoms with Crippen molar-refractivity contribution in [1.82, 2.24) is 19.6 Å². The van der Waals surface area contributed by atoms with Crippen molar-refractivity contribution in [3.8, 4) is 11.1 Å². The number of anilines is 1. The lowest BCUT2D eigenvalue weighted by molar-refractivity contribution is -0.132. The first kappa shape index (κ1) is 24.8. The molecule has 1 fully saturated rings. The number of piperidine rings is 1. The summed E-state index contributed by atoms with van der Waals surface area (Å²) in [5, 5.41) is 7.87. The van der Waals surface area contributed by atoms with Crippen molar-refractivity contribution in [1.29, 1.82) is 0 Å². The fourth-order valence-corrected chi connectivity index (χ4v) is 4.30. The molecular formula is C25H31ClN6O3. The second-order valence-corrected chi connectivity index (χ2v) is 9.50. The molecule has 1 aromatic carbocycles. The Morgan fingerprint density at radius 3 is 2.71 bits per heavy atom. The summed E-state index contributed by atoms with van der Waals surface area (Å²) in [6, 6.07) is 5.73. The Balaban J connectivity index is 1.38. The van der Waals surface area contributed by atoms with Crippen LogP contribution in [-0.2, 0) is 14.3 Å². The number of amides is 2. The van der Waals surface area contributed by atoms with Gasteiger partial charge in [-0.25, -0.2) is 0 Å². The number of hydrogen-bond donors (Lipinski definition) is 2. The summed E-state index contributed by atoms with van der Waals surface area (Å²) in [5.41, 5.74) is 8.36. The molecule has 186 valence electrons. The number of halogens is 1. The van der Waals surface area contributed by atoms with E-state index in [-0.39, 0.29) is 23.7 Å². The van der Waals surface area contributed by atoms with Crippen LogP contribution < -0.4 is 11.1 Å². The van der Waals surface area contributed by atoms with E-state index in [9.17, 15) is 9.59 Å². The van der Waals surface area contributed by atoms with Crippen LogP contribution in [0, 0.1) is 0 Å². The van der Waals surface area contributed by atoms with Gasteiger partial charge in [0, 0.05) is 44.2 Å². The van der Waals surface area contributed by atoms with Gasteiger partial charge in [0.1, 0.15) is 6.26 Å². The Morgan fingerprint density at radius 2 is 2.03 bits per heavy atom. The van der Waals surface area contributed by atoms with Crippen molar-refractivity contribution in [2.24, 2.45) is 5.73 Å². The lowest BCUT2D eigenvalue weighted by atomic mass is 10.0. The quantitative estimate of drug-likeness (QED) is 0.606. The van der Waals surface area contributed by atoms with Gasteiger partial charge >= 0.3 is 0 Å². The van der Waals surface area contributed by atoms with E-state index in [2.05, 4.69) is 10.4 Å². The molecule has 0 aliphatic carbocycles. The lowest BCUT2D eigenvalue weighted by Gasteiger charge is -2.32. The highest BCUT2D eigenvalue weighted by Gasteiger charge is 2.24. The zero-order valence-electron chi connectivity index (χ0n) is 20.0. The number of benzene rings is 1. The second kappa shape index (κ2) is 11.0. The Bertz CT molecular complexity index is 1150. The Morgan fingerprint density at radius 1 is 1.26 bits per heavy atom. The summed E-state index contributed by atoms with van der Waals surface area (Å²) in [6.07, 6.45) is 9.50. The van der Waals surface area contributed by atoms with Crippen LogP contribution in [0.15, 0.2) is 54.4 Å². The fourth-order valence-electron chi connectivity index (χ4n) is 4.14. The maximum Gasteiger partial charge on any atom is 0.255 e. The molecule has 2 aliphatic heterocycles. The third kappa shape index (κ3) is 6.23. The van der Waals surface area contributed by atoms with Gasteiger partial charge in [-0.3, -0.25) is 14.3 Å². The predicted octanol–water partition coefficient (Wildman–Crippen LogP) is 3.36. The zero-order valence-corrected chi connectivity index (χ0v) is 20.8. The molecule has 2 amide bonds. The summed E-state index contributed by atoms with van der Waals surface area (Å²) in [5.74, 6) is 0.194. The standard InChI is InChI=1S/C25H31ClN6O3/c1-30(2)10-9-24(33)31-11-7-20(8-12-31)32-15-19(14-28-32)17-3-5-21(26)22(13-17)29-25(34)18-4-6-23(27)35-16-18/h3,5-6,13-16,20H,4,7-12,27H2,1-2H3,(H,29,34). The molecule has 10 heteroatoms. The van der Waals surface area contributed by atoms with Crippen LogP contribution in [0.1, 0.15) is 31.7 Å². The average Bonchev–Trinajstić information content (AvgIpc) is 3.34. The van der Waals surface area contributed by atoms with E-state index in [1.807, 2.05) is 53.1 Å². The van der Waals surface area contributed by atoms with E-state index in [1.165, 1.54) is 6.26 Å². The number of likely N-dealkylation sites (tertiary alicyclic amines) is 1. The largest absolute Gasteiger partial charge is 0.449 e. The minimum atomic E-state index is -0.296. The number of rotatable bonds is 7. The molecular weight excluding hydrogens is 468 g/mol. The monoisotopic (exact) mass is 498 g/mol. The minimum absolute atomic E-state index is 0.212. The molecule has 1 aromatic heterocycles. The summed E-state index contributed by atoms with van der Waals surface area (Å²) >= 11 is 6.34. The molecule has 0 atom stereocenters. The van der Waals surface area contributed by atoms with Crippen LogP contribution in [0.2, 0.25) is 5.02 Å². The third-order valence-electron chi connectivity index (χ3n) is 6.27. The third-order valence-corrected chi connectivity index (χ3v) is 6.60. The Hall–Kier alpha value is -3.30. The van der Waals surface area contributed by atoms with E-state index in [0.717, 1.165) is 43.6 Å². The lowest BCUT2D eigenvalue weighted by Crippen LogP contribution is -2.40. The number of hydrogen-bond acceptors (Lipinski definition) is 6. The number of allylic oxidation sites excluding steroid dienone is 1. The van der Waals surface area contributed by atoms with Crippen molar-refractivity contribution in [2.75, 3.05) is 39.0 Å². The number of aromatic nitrogens is 2. The summed E-state index contributed by atoms with van der Waals surface area (Å²) in [6.45, 7) is 2.25. The van der Waals surface area contributed by atoms with Crippen LogP contribution in [0.3, 0.4) is 0 Å². The van der Waals surface area contributed by atoms with Gasteiger partial charge in [-0.1, -0.05) is 17.7 Å². The van der Waals surface area contributed by atoms with Gasteiger partial charge < -0.3 is 25.6 Å². The van der Waals surface area contributed by atoms with Gasteiger partial charge in [0.15, 0.2) is 5.88 Å². The molecule has 0 bridgehead atoms. The molecule has 9 nitrogen and oxygen atoms in total. The number of nitrogens with zero attached hydrogens (tertiary/aromatic N) is 4. The Labute approximate surface area is 210 Å². The maximum atomic E-state index is 12.6. The van der Waals surface area contributed by atoms with Crippen LogP contribution in [-0.4, -0.2) is 65.1 Å². The molecule has 0 unspecified atom stereocenters. The molecule has 35 heavy (non-hydrogen) atoms. The van der Waals surface area contributed by atoms with Crippen LogP contribution >= 0.6 is 11.6 Å². The average molecular weight is 499 g/mol. The topological polar surface area (TPSA) is 106 Å². The van der Waals surface area contributed by atoms with Crippen LogP contribution in [0.4, 0.5) is 5.69 Å². The Kier molecular flexibility index (Phi) is 7.77. The number of nitrogens with one attached hydrogen (secondary N) is 1. The van der Waals surface area contributed by atoms with E-state index in [1.54, 1.807) is 12.1 Å². The van der Waals surface area contributed by atoms with E-state index >= 15 is 0 Å². The van der Waals surface area contributed by atoms with Crippen molar-refractivity contribution >= 4 is 29.1 Å². The highest BCUT2D eigenvalue weighted by atomic mass is 35.5. The second-order valence-electron chi connectivity index (χ2n) is 9.09. The first-order valence-electron chi connectivity index (χ1n) is 11.7. The van der Waals surface area contributed by atoms with Crippen LogP contribution in [0.25, 0.3) is 11.1 Å². The zero-order chi connectivity index (χ0) is 24.9. The first-order valence-corrected chi connectivity index (χ1v) is 12.1. The van der Waals surface area contributed by atoms with Crippen molar-refractivity contribution < 1.29 is 14.3 Å². The normalized spacial score (nSPS) is 16.5. The molecule has 4 rings (SSSR count). The van der Waals surface area contributed by atoms with Gasteiger partial charge in [-0.15, -0.1) is 0 Å². The summed E-state index contributed by atoms with van der Waals surface area (Å²) in [4.78, 5) is 29.0. The molecule has 0 saturated carbocycles. The summed E-state index contributed by atoms with van der Waals surface area (Å²) in [7, 11) is 3.95. The number of ether oxygens (including phenoxy) is 1. The molecule has 1 saturated heterocycles. The van der Waals surface area contributed by atoms with Gasteiger partial charge in [0.25, 0.3) is 5.91 Å². The molecule has 0 spiro atoms. The SMILES string of the molecule is CN(C)CCC(=O)N1CCC(n2cc(-c3ccc(Cl)c(NC(=O)C4=COC(N)=CC4)c3)cn2)CC1. The molecule has 0 radical (unpaired) electrons. The highest BCUT2D eigenvalue weighted by Crippen LogP contribution is 2.31. The molecule has 3 heterocycles. The van der Waals surface area contributed by atoms with E-state index in [4.69, 9.17) is 22.1 Å². The van der Waals surface area contributed by atoms with E-state index < -0.39 is 0 Å². The molecule has 2 aromatic rings. The van der Waals surface area contributed by atoms with Crippen molar-refractivity contribution in [3.05, 3.63) is 59.4 Å². The minimum Gasteiger partial charge on any atom is -0.449 e. The summed E-state index contributed by atoms with van der Waals surface area (Å²) < 4.78 is 7.10. The number of carbonyl (C=O) groups excluding carboxylic acids is 2. The first-order chi connectivity index (χ1) is 16.8. The highest BCUT2D eigenvalue weighted by molar-refractivity contribution is 6.34. The van der Waals surface area contributed by atoms with Crippen LogP contribution in [0.5, 0.6) is 0 Å². The van der Waals surface area contributed by atoms with E-state index in [0.29, 0.717) is 29.1 Å². The number of carbonyl (C=O) groups is 2. The van der Waals surface area contributed by atoms with Gasteiger partial charge in [0.2, 0.25) is 5.91 Å². The molecule has 3 N–H and O–H groups in total. The van der Waals surface area contributed by atoms with Gasteiger partial charge in [-0.2, -0.15) is 5.10 Å². The maximum absolute atomic E-state index is 12.6. The van der Waals surface area contributed by atoms with Gasteiger partial charge in [-0.05, 0) is 50.7 Å². The smallest absolute Gasteiger partial charge is 0.255 e. The van der Waals surface area contributed by atoms with Gasteiger partial charge in [0.05, 0.1) is 28.5 Å². The van der Waals surface area contributed by atoms with Crippen molar-refractivity contribution in [3.63, 3.8) is 0 Å². The molecule has 2 aliphatic rings. The predicted molar refractivity (Wildman–Crippen MR) is 135 cm³/mol.